The Kier molecular flexibility index (Phi) is 3.63. The standard InChI is InChI=1S/C11H13BrN2O3/c1-17-9-4-8(5-9)13-7-2-3-11(14(15)16)10(12)6-7/h2-3,6,8-9,13H,4-5H2,1H3. The second-order valence-corrected chi connectivity index (χ2v) is 4.95. The zero-order chi connectivity index (χ0) is 12.4. The van der Waals surface area contributed by atoms with Crippen LogP contribution in [0, 0.1) is 10.1 Å². The topological polar surface area (TPSA) is 64.4 Å². The normalized spacial score (nSPS) is 22.9. The minimum atomic E-state index is -0.405. The van der Waals surface area contributed by atoms with E-state index in [1.807, 2.05) is 0 Å². The number of halogens is 1. The van der Waals surface area contributed by atoms with E-state index >= 15 is 0 Å². The summed E-state index contributed by atoms with van der Waals surface area (Å²) in [5.74, 6) is 0. The van der Waals surface area contributed by atoms with Crippen molar-refractivity contribution < 1.29 is 9.66 Å². The van der Waals surface area contributed by atoms with Crippen molar-refractivity contribution in [3.63, 3.8) is 0 Å². The van der Waals surface area contributed by atoms with Crippen LogP contribution in [0.1, 0.15) is 12.8 Å². The van der Waals surface area contributed by atoms with E-state index in [9.17, 15) is 10.1 Å². The first-order valence-corrected chi connectivity index (χ1v) is 6.12. The second kappa shape index (κ2) is 5.01. The van der Waals surface area contributed by atoms with Gasteiger partial charge < -0.3 is 10.1 Å². The Morgan fingerprint density at radius 1 is 1.53 bits per heavy atom. The number of nitrogens with one attached hydrogen (secondary N) is 1. The first-order chi connectivity index (χ1) is 8.10. The maximum absolute atomic E-state index is 10.6. The van der Waals surface area contributed by atoms with Gasteiger partial charge in [-0.05, 0) is 40.9 Å². The predicted octanol–water partition coefficient (Wildman–Crippen LogP) is 2.95. The fourth-order valence-corrected chi connectivity index (χ4v) is 2.38. The molecular weight excluding hydrogens is 288 g/mol. The van der Waals surface area contributed by atoms with E-state index < -0.39 is 4.92 Å². The number of benzene rings is 1. The molecule has 2 rings (SSSR count). The first kappa shape index (κ1) is 12.3. The molecular formula is C11H13BrN2O3. The highest BCUT2D eigenvalue weighted by atomic mass is 79.9. The maximum Gasteiger partial charge on any atom is 0.283 e. The third-order valence-electron chi connectivity index (χ3n) is 2.94. The van der Waals surface area contributed by atoms with Crippen LogP contribution in [0.3, 0.4) is 0 Å². The van der Waals surface area contributed by atoms with E-state index in [0.717, 1.165) is 18.5 Å². The molecule has 0 heterocycles. The summed E-state index contributed by atoms with van der Waals surface area (Å²) in [5.41, 5.74) is 0.973. The average Bonchev–Trinajstić information content (AvgIpc) is 2.22. The number of methoxy groups -OCH3 is 1. The van der Waals surface area contributed by atoms with E-state index in [0.29, 0.717) is 16.6 Å². The SMILES string of the molecule is COC1CC(Nc2ccc([N+](=O)[O-])c(Br)c2)C1. The van der Waals surface area contributed by atoms with Crippen LogP contribution in [-0.4, -0.2) is 24.2 Å². The third kappa shape index (κ3) is 2.76. The van der Waals surface area contributed by atoms with Gasteiger partial charge in [0.1, 0.15) is 0 Å². The molecule has 5 nitrogen and oxygen atoms in total. The van der Waals surface area contributed by atoms with Gasteiger partial charge in [-0.25, -0.2) is 0 Å². The molecule has 92 valence electrons. The summed E-state index contributed by atoms with van der Waals surface area (Å²) in [6.07, 6.45) is 2.30. The molecule has 0 aromatic heterocycles. The highest BCUT2D eigenvalue weighted by Gasteiger charge is 2.28. The van der Waals surface area contributed by atoms with Gasteiger partial charge in [0.25, 0.3) is 5.69 Å². The van der Waals surface area contributed by atoms with Gasteiger partial charge in [-0.15, -0.1) is 0 Å². The van der Waals surface area contributed by atoms with Crippen LogP contribution in [0.25, 0.3) is 0 Å². The number of nitro groups is 1. The molecule has 0 saturated heterocycles. The Morgan fingerprint density at radius 2 is 2.24 bits per heavy atom. The Morgan fingerprint density at radius 3 is 2.76 bits per heavy atom. The van der Waals surface area contributed by atoms with Gasteiger partial charge in [0.05, 0.1) is 15.5 Å². The van der Waals surface area contributed by atoms with Gasteiger partial charge in [0, 0.05) is 24.9 Å². The lowest BCUT2D eigenvalue weighted by atomic mass is 9.89. The lowest BCUT2D eigenvalue weighted by molar-refractivity contribution is -0.385. The zero-order valence-corrected chi connectivity index (χ0v) is 10.9. The third-order valence-corrected chi connectivity index (χ3v) is 3.58. The molecule has 0 amide bonds. The van der Waals surface area contributed by atoms with Crippen LogP contribution < -0.4 is 5.32 Å². The summed E-state index contributed by atoms with van der Waals surface area (Å²) in [6, 6.07) is 5.36. The molecule has 1 aliphatic rings. The van der Waals surface area contributed by atoms with E-state index in [2.05, 4.69) is 21.2 Å². The van der Waals surface area contributed by atoms with Gasteiger partial charge in [-0.1, -0.05) is 0 Å². The van der Waals surface area contributed by atoms with Crippen LogP contribution in [0.4, 0.5) is 11.4 Å². The van der Waals surface area contributed by atoms with Gasteiger partial charge in [-0.3, -0.25) is 10.1 Å². The molecule has 0 unspecified atom stereocenters. The van der Waals surface area contributed by atoms with Crippen molar-refractivity contribution in [3.05, 3.63) is 32.8 Å². The van der Waals surface area contributed by atoms with Crippen molar-refractivity contribution >= 4 is 27.3 Å². The quantitative estimate of drug-likeness (QED) is 0.686. The van der Waals surface area contributed by atoms with Gasteiger partial charge in [-0.2, -0.15) is 0 Å². The molecule has 1 saturated carbocycles. The molecule has 17 heavy (non-hydrogen) atoms. The van der Waals surface area contributed by atoms with Crippen LogP contribution in [0.5, 0.6) is 0 Å². The Labute approximate surface area is 107 Å². The summed E-state index contributed by atoms with van der Waals surface area (Å²) < 4.78 is 5.69. The molecule has 0 spiro atoms. The molecule has 1 aromatic rings. The molecule has 1 N–H and O–H groups in total. The summed E-state index contributed by atoms with van der Waals surface area (Å²) in [4.78, 5) is 10.2. The Hall–Kier alpha value is -1.14. The molecule has 0 bridgehead atoms. The summed E-state index contributed by atoms with van der Waals surface area (Å²) in [7, 11) is 1.71. The number of hydrogen-bond donors (Lipinski definition) is 1. The largest absolute Gasteiger partial charge is 0.382 e. The van der Waals surface area contributed by atoms with Crippen molar-refractivity contribution in [2.75, 3.05) is 12.4 Å². The minimum absolute atomic E-state index is 0.0823. The van der Waals surface area contributed by atoms with Gasteiger partial charge in [0.2, 0.25) is 0 Å². The van der Waals surface area contributed by atoms with Crippen molar-refractivity contribution in [2.45, 2.75) is 25.0 Å². The minimum Gasteiger partial charge on any atom is -0.382 e. The summed E-state index contributed by atoms with van der Waals surface area (Å²) >= 11 is 3.20. The van der Waals surface area contributed by atoms with Crippen LogP contribution in [0.2, 0.25) is 0 Å². The predicted molar refractivity (Wildman–Crippen MR) is 68.2 cm³/mol. The van der Waals surface area contributed by atoms with Crippen LogP contribution >= 0.6 is 15.9 Å². The average molecular weight is 301 g/mol. The summed E-state index contributed by atoms with van der Waals surface area (Å²) in [5, 5.41) is 14.0. The number of nitro benzene ring substituents is 1. The zero-order valence-electron chi connectivity index (χ0n) is 9.35. The van der Waals surface area contributed by atoms with Crippen LogP contribution in [-0.2, 0) is 4.74 Å². The van der Waals surface area contributed by atoms with Gasteiger partial charge in [0.15, 0.2) is 0 Å². The Balaban J connectivity index is 1.99. The lowest BCUT2D eigenvalue weighted by Crippen LogP contribution is -2.40. The number of nitrogens with zero attached hydrogens (tertiary/aromatic N) is 1. The van der Waals surface area contributed by atoms with Crippen molar-refractivity contribution in [1.82, 2.24) is 0 Å². The van der Waals surface area contributed by atoms with Crippen molar-refractivity contribution in [3.8, 4) is 0 Å². The molecule has 0 atom stereocenters. The molecule has 0 aliphatic heterocycles. The van der Waals surface area contributed by atoms with Gasteiger partial charge >= 0.3 is 0 Å². The van der Waals surface area contributed by atoms with E-state index in [1.54, 1.807) is 19.2 Å². The first-order valence-electron chi connectivity index (χ1n) is 5.33. The fraction of sp³-hybridized carbons (Fsp3) is 0.455. The monoisotopic (exact) mass is 300 g/mol. The second-order valence-electron chi connectivity index (χ2n) is 4.09. The van der Waals surface area contributed by atoms with Crippen molar-refractivity contribution in [2.24, 2.45) is 0 Å². The molecule has 0 radical (unpaired) electrons. The molecule has 1 fully saturated rings. The molecule has 6 heteroatoms. The number of ether oxygens (including phenoxy) is 1. The number of hydrogen-bond acceptors (Lipinski definition) is 4. The fourth-order valence-electron chi connectivity index (χ4n) is 1.86. The van der Waals surface area contributed by atoms with E-state index in [4.69, 9.17) is 4.74 Å². The highest BCUT2D eigenvalue weighted by molar-refractivity contribution is 9.10. The Bertz CT molecular complexity index is 433. The van der Waals surface area contributed by atoms with E-state index in [1.165, 1.54) is 6.07 Å². The molecule has 1 aromatic carbocycles. The van der Waals surface area contributed by atoms with Crippen LogP contribution in [0.15, 0.2) is 22.7 Å². The van der Waals surface area contributed by atoms with Crippen molar-refractivity contribution in [1.29, 1.82) is 0 Å². The van der Waals surface area contributed by atoms with E-state index in [-0.39, 0.29) is 5.69 Å². The molecule has 1 aliphatic carbocycles. The lowest BCUT2D eigenvalue weighted by Gasteiger charge is -2.35. The number of rotatable bonds is 4. The maximum atomic E-state index is 10.6. The smallest absolute Gasteiger partial charge is 0.283 e. The number of anilines is 1. The summed E-state index contributed by atoms with van der Waals surface area (Å²) in [6.45, 7) is 0. The highest BCUT2D eigenvalue weighted by Crippen LogP contribution is 2.31.